The number of anilines is 1. The third-order valence-electron chi connectivity index (χ3n) is 7.03. The number of alkyl halides is 3. The third kappa shape index (κ3) is 8.27. The molecule has 0 spiro atoms. The second-order valence-electron chi connectivity index (χ2n) is 10.6. The molecule has 4 rings (SSSR count). The van der Waals surface area contributed by atoms with Crippen LogP contribution >= 0.6 is 11.6 Å². The molecule has 2 N–H and O–H groups in total. The molecule has 4 aromatic carbocycles. The molecule has 4 aromatic rings. The minimum atomic E-state index is -4.51. The van der Waals surface area contributed by atoms with Crippen LogP contribution in [0.25, 0.3) is 22.3 Å². The maximum absolute atomic E-state index is 13.6. The number of amides is 2. The molecular formula is C34H29ClF4N2O4. The molecule has 0 aliphatic rings. The van der Waals surface area contributed by atoms with Crippen molar-refractivity contribution in [2.75, 3.05) is 12.4 Å². The van der Waals surface area contributed by atoms with E-state index in [2.05, 4.69) is 10.6 Å². The SMILES string of the molecule is COC(=O)[C@@H](Cc1ccc(-c2ccc(F)c(Cl)c2)cc1)NC(=O)c1cc(-c2ccc(C(F)(F)F)cc2)ccc1NC(=O)C(C)C. The fourth-order valence-corrected chi connectivity index (χ4v) is 4.65. The number of benzene rings is 4. The van der Waals surface area contributed by atoms with Crippen molar-refractivity contribution in [1.29, 1.82) is 0 Å². The summed E-state index contributed by atoms with van der Waals surface area (Å²) in [5, 5.41) is 5.35. The quantitative estimate of drug-likeness (QED) is 0.144. The Morgan fingerprint density at radius 1 is 0.822 bits per heavy atom. The van der Waals surface area contributed by atoms with Gasteiger partial charge in [-0.05, 0) is 64.2 Å². The van der Waals surface area contributed by atoms with Crippen molar-refractivity contribution in [3.8, 4) is 22.3 Å². The van der Waals surface area contributed by atoms with Gasteiger partial charge in [0, 0.05) is 12.3 Å². The molecule has 0 unspecified atom stereocenters. The van der Waals surface area contributed by atoms with E-state index in [1.807, 2.05) is 0 Å². The Kier molecular flexibility index (Phi) is 10.3. The average molecular weight is 641 g/mol. The van der Waals surface area contributed by atoms with Crippen molar-refractivity contribution < 1.29 is 36.7 Å². The predicted octanol–water partition coefficient (Wildman–Crippen LogP) is 7.94. The Morgan fingerprint density at radius 2 is 1.38 bits per heavy atom. The Bertz CT molecular complexity index is 1710. The fourth-order valence-electron chi connectivity index (χ4n) is 4.47. The first-order valence-corrected chi connectivity index (χ1v) is 14.2. The molecule has 0 aliphatic heterocycles. The number of halogens is 5. The molecule has 0 aromatic heterocycles. The number of esters is 1. The van der Waals surface area contributed by atoms with E-state index in [9.17, 15) is 31.9 Å². The monoisotopic (exact) mass is 640 g/mol. The van der Waals surface area contributed by atoms with E-state index in [4.69, 9.17) is 16.3 Å². The van der Waals surface area contributed by atoms with Crippen LogP contribution in [0.2, 0.25) is 5.02 Å². The van der Waals surface area contributed by atoms with Gasteiger partial charge in [-0.3, -0.25) is 9.59 Å². The fraction of sp³-hybridized carbons (Fsp3) is 0.206. The van der Waals surface area contributed by atoms with E-state index >= 15 is 0 Å². The number of carbonyl (C=O) groups excluding carboxylic acids is 3. The van der Waals surface area contributed by atoms with Crippen LogP contribution < -0.4 is 10.6 Å². The van der Waals surface area contributed by atoms with Gasteiger partial charge in [0.1, 0.15) is 11.9 Å². The number of carbonyl (C=O) groups is 3. The number of rotatable bonds is 9. The van der Waals surface area contributed by atoms with Crippen LogP contribution in [0.5, 0.6) is 0 Å². The second kappa shape index (κ2) is 13.9. The smallest absolute Gasteiger partial charge is 0.416 e. The highest BCUT2D eigenvalue weighted by Gasteiger charge is 2.30. The molecule has 2 amide bonds. The topological polar surface area (TPSA) is 84.5 Å². The van der Waals surface area contributed by atoms with Gasteiger partial charge >= 0.3 is 12.1 Å². The summed E-state index contributed by atoms with van der Waals surface area (Å²) in [6.45, 7) is 3.35. The van der Waals surface area contributed by atoms with Crippen molar-refractivity contribution in [2.24, 2.45) is 5.92 Å². The lowest BCUT2D eigenvalue weighted by Gasteiger charge is -2.19. The molecule has 0 bridgehead atoms. The zero-order valence-electron chi connectivity index (χ0n) is 24.5. The number of ether oxygens (including phenoxy) is 1. The van der Waals surface area contributed by atoms with Crippen molar-refractivity contribution >= 4 is 35.1 Å². The van der Waals surface area contributed by atoms with Gasteiger partial charge in [-0.2, -0.15) is 13.2 Å². The largest absolute Gasteiger partial charge is 0.467 e. The number of methoxy groups -OCH3 is 1. The summed E-state index contributed by atoms with van der Waals surface area (Å²) in [6, 6.07) is 19.2. The third-order valence-corrected chi connectivity index (χ3v) is 7.32. The first kappa shape index (κ1) is 33.2. The zero-order valence-corrected chi connectivity index (χ0v) is 25.2. The minimum Gasteiger partial charge on any atom is -0.467 e. The molecule has 0 heterocycles. The highest BCUT2D eigenvalue weighted by atomic mass is 35.5. The van der Waals surface area contributed by atoms with E-state index in [1.165, 1.54) is 43.5 Å². The summed E-state index contributed by atoms with van der Waals surface area (Å²) in [4.78, 5) is 38.9. The summed E-state index contributed by atoms with van der Waals surface area (Å²) in [7, 11) is 1.18. The highest BCUT2D eigenvalue weighted by molar-refractivity contribution is 6.31. The Morgan fingerprint density at radius 3 is 1.93 bits per heavy atom. The minimum absolute atomic E-state index is 0.00108. The molecule has 0 saturated heterocycles. The van der Waals surface area contributed by atoms with Crippen molar-refractivity contribution in [3.63, 3.8) is 0 Å². The van der Waals surface area contributed by atoms with Gasteiger partial charge in [-0.1, -0.05) is 74.0 Å². The zero-order chi connectivity index (χ0) is 32.9. The first-order valence-electron chi connectivity index (χ1n) is 13.8. The maximum atomic E-state index is 13.6. The Labute approximate surface area is 262 Å². The van der Waals surface area contributed by atoms with E-state index in [0.29, 0.717) is 22.3 Å². The van der Waals surface area contributed by atoms with Crippen LogP contribution in [0.4, 0.5) is 23.2 Å². The van der Waals surface area contributed by atoms with Gasteiger partial charge in [0.05, 0.1) is 28.9 Å². The summed E-state index contributed by atoms with van der Waals surface area (Å²) < 4.78 is 57.7. The van der Waals surface area contributed by atoms with Gasteiger partial charge in [0.2, 0.25) is 5.91 Å². The van der Waals surface area contributed by atoms with Gasteiger partial charge < -0.3 is 15.4 Å². The standard InChI is InChI=1S/C34H29ClF4N2O4/c1-19(2)31(42)40-29-15-11-23(22-8-12-25(13-9-22)34(37,38)39)17-26(29)32(43)41-30(33(44)45-3)16-20-4-6-21(7-5-20)24-10-14-28(36)27(35)18-24/h4-15,17-19,30H,16H2,1-3H3,(H,40,42)(H,41,43)/t30-/m1/s1. The molecule has 45 heavy (non-hydrogen) atoms. The molecule has 11 heteroatoms. The predicted molar refractivity (Wildman–Crippen MR) is 164 cm³/mol. The van der Waals surface area contributed by atoms with E-state index in [0.717, 1.165) is 17.7 Å². The van der Waals surface area contributed by atoms with Gasteiger partial charge in [0.25, 0.3) is 5.91 Å². The van der Waals surface area contributed by atoms with Gasteiger partial charge in [-0.15, -0.1) is 0 Å². The lowest BCUT2D eigenvalue weighted by atomic mass is 9.98. The van der Waals surface area contributed by atoms with Crippen molar-refractivity contribution in [3.05, 3.63) is 112 Å². The number of hydrogen-bond acceptors (Lipinski definition) is 4. The van der Waals surface area contributed by atoms with Gasteiger partial charge in [0.15, 0.2) is 0 Å². The van der Waals surface area contributed by atoms with Crippen molar-refractivity contribution in [1.82, 2.24) is 5.32 Å². The van der Waals surface area contributed by atoms with Crippen LogP contribution in [0.1, 0.15) is 35.3 Å². The van der Waals surface area contributed by atoms with E-state index < -0.39 is 41.4 Å². The van der Waals surface area contributed by atoms with Crippen LogP contribution in [-0.2, 0) is 26.9 Å². The van der Waals surface area contributed by atoms with Crippen LogP contribution in [0, 0.1) is 11.7 Å². The summed E-state index contributed by atoms with van der Waals surface area (Å²) in [5.41, 5.74) is 2.29. The number of hydrogen-bond donors (Lipinski definition) is 2. The highest BCUT2D eigenvalue weighted by Crippen LogP contribution is 2.32. The summed E-state index contributed by atoms with van der Waals surface area (Å²) in [6.07, 6.45) is -4.46. The molecule has 0 aliphatic carbocycles. The molecule has 1 atom stereocenters. The summed E-state index contributed by atoms with van der Waals surface area (Å²) >= 11 is 5.90. The Balaban J connectivity index is 1.62. The first-order chi connectivity index (χ1) is 21.3. The van der Waals surface area contributed by atoms with E-state index in [1.54, 1.807) is 50.2 Å². The van der Waals surface area contributed by atoms with Crippen LogP contribution in [0.15, 0.2) is 84.9 Å². The average Bonchev–Trinajstić information content (AvgIpc) is 3.01. The van der Waals surface area contributed by atoms with E-state index in [-0.39, 0.29) is 28.6 Å². The van der Waals surface area contributed by atoms with Crippen LogP contribution in [-0.4, -0.2) is 30.9 Å². The molecule has 234 valence electrons. The normalized spacial score (nSPS) is 12.0. The Hall–Kier alpha value is -4.70. The number of nitrogens with one attached hydrogen (secondary N) is 2. The lowest BCUT2D eigenvalue weighted by molar-refractivity contribution is -0.143. The van der Waals surface area contributed by atoms with Gasteiger partial charge in [-0.25, -0.2) is 9.18 Å². The second-order valence-corrected chi connectivity index (χ2v) is 11.0. The summed E-state index contributed by atoms with van der Waals surface area (Å²) in [5.74, 6) is -2.74. The molecule has 0 fully saturated rings. The maximum Gasteiger partial charge on any atom is 0.416 e. The van der Waals surface area contributed by atoms with Crippen molar-refractivity contribution in [2.45, 2.75) is 32.5 Å². The molecule has 6 nitrogen and oxygen atoms in total. The lowest BCUT2D eigenvalue weighted by Crippen LogP contribution is -2.43. The molecule has 0 saturated carbocycles. The molecule has 0 radical (unpaired) electrons. The molecular weight excluding hydrogens is 612 g/mol. The van der Waals surface area contributed by atoms with Crippen LogP contribution in [0.3, 0.4) is 0 Å².